The predicted molar refractivity (Wildman–Crippen MR) is 46.9 cm³/mol. The van der Waals surface area contributed by atoms with Gasteiger partial charge in [-0.3, -0.25) is 0 Å². The standard InChI is InChI=1S/C8H12N2O3/c11-4-3-10-7-5-6(8(12)13)1-2-9-7/h1,5,9-11H,2-4H2,(H,12,13). The molecule has 4 N–H and O–H groups in total. The maximum absolute atomic E-state index is 10.6. The van der Waals surface area contributed by atoms with Gasteiger partial charge in [0.25, 0.3) is 0 Å². The van der Waals surface area contributed by atoms with Crippen LogP contribution in [0, 0.1) is 0 Å². The summed E-state index contributed by atoms with van der Waals surface area (Å²) in [4.78, 5) is 10.6. The first kappa shape index (κ1) is 9.60. The highest BCUT2D eigenvalue weighted by atomic mass is 16.4. The Labute approximate surface area is 75.8 Å². The van der Waals surface area contributed by atoms with Crippen LogP contribution in [-0.2, 0) is 4.79 Å². The Kier molecular flexibility index (Phi) is 3.33. The Bertz CT molecular complexity index is 258. The highest BCUT2D eigenvalue weighted by molar-refractivity contribution is 5.90. The highest BCUT2D eigenvalue weighted by Gasteiger charge is 2.09. The number of aliphatic hydroxyl groups excluding tert-OH is 1. The molecule has 0 amide bonds. The van der Waals surface area contributed by atoms with E-state index < -0.39 is 5.97 Å². The van der Waals surface area contributed by atoms with Gasteiger partial charge in [0.05, 0.1) is 18.0 Å². The van der Waals surface area contributed by atoms with Crippen molar-refractivity contribution in [2.45, 2.75) is 0 Å². The smallest absolute Gasteiger partial charge is 0.335 e. The number of carbonyl (C=O) groups is 1. The van der Waals surface area contributed by atoms with Gasteiger partial charge in [0.1, 0.15) is 0 Å². The summed E-state index contributed by atoms with van der Waals surface area (Å²) in [6.45, 7) is 0.919. The third-order valence-corrected chi connectivity index (χ3v) is 1.59. The maximum atomic E-state index is 10.6. The van der Waals surface area contributed by atoms with E-state index in [1.807, 2.05) is 0 Å². The van der Waals surface area contributed by atoms with Crippen molar-refractivity contribution in [1.82, 2.24) is 10.6 Å². The number of hydrogen-bond donors (Lipinski definition) is 4. The SMILES string of the molecule is O=C(O)C1=CCNC(NCCO)=C1. The Morgan fingerprint density at radius 1 is 1.69 bits per heavy atom. The van der Waals surface area contributed by atoms with Crippen LogP contribution in [0.2, 0.25) is 0 Å². The van der Waals surface area contributed by atoms with Crippen LogP contribution in [0.1, 0.15) is 0 Å². The molecule has 72 valence electrons. The molecule has 1 aliphatic rings. The fraction of sp³-hybridized carbons (Fsp3) is 0.375. The van der Waals surface area contributed by atoms with Crippen molar-refractivity contribution < 1.29 is 15.0 Å². The lowest BCUT2D eigenvalue weighted by atomic mass is 10.2. The van der Waals surface area contributed by atoms with Gasteiger partial charge in [-0.05, 0) is 6.08 Å². The minimum atomic E-state index is -0.940. The molecule has 0 saturated carbocycles. The number of hydrogen-bond acceptors (Lipinski definition) is 4. The molecule has 0 aromatic rings. The minimum absolute atomic E-state index is 0.0190. The van der Waals surface area contributed by atoms with Crippen LogP contribution in [0.25, 0.3) is 0 Å². The number of carboxylic acid groups (broad SMARTS) is 1. The van der Waals surface area contributed by atoms with Gasteiger partial charge < -0.3 is 20.8 Å². The van der Waals surface area contributed by atoms with Crippen LogP contribution in [-0.4, -0.2) is 35.9 Å². The van der Waals surface area contributed by atoms with E-state index in [1.54, 1.807) is 6.08 Å². The molecule has 5 nitrogen and oxygen atoms in total. The molecule has 0 aromatic heterocycles. The summed E-state index contributed by atoms with van der Waals surface area (Å²) in [6, 6.07) is 0. The molecular formula is C8H12N2O3. The second kappa shape index (κ2) is 4.51. The van der Waals surface area contributed by atoms with E-state index in [0.717, 1.165) is 0 Å². The molecule has 0 bridgehead atoms. The summed E-state index contributed by atoms with van der Waals surface area (Å²) in [5, 5.41) is 23.0. The lowest BCUT2D eigenvalue weighted by molar-refractivity contribution is -0.132. The van der Waals surface area contributed by atoms with Crippen molar-refractivity contribution in [3.63, 3.8) is 0 Å². The Balaban J connectivity index is 2.56. The van der Waals surface area contributed by atoms with Crippen LogP contribution < -0.4 is 10.6 Å². The molecule has 13 heavy (non-hydrogen) atoms. The van der Waals surface area contributed by atoms with Crippen molar-refractivity contribution in [1.29, 1.82) is 0 Å². The van der Waals surface area contributed by atoms with E-state index >= 15 is 0 Å². The fourth-order valence-electron chi connectivity index (χ4n) is 0.990. The Morgan fingerprint density at radius 2 is 2.46 bits per heavy atom. The van der Waals surface area contributed by atoms with Crippen molar-refractivity contribution in [2.75, 3.05) is 19.7 Å². The molecule has 5 heteroatoms. The maximum Gasteiger partial charge on any atom is 0.335 e. The summed E-state index contributed by atoms with van der Waals surface area (Å²) in [5.41, 5.74) is 0.263. The summed E-state index contributed by atoms with van der Waals surface area (Å²) in [7, 11) is 0. The van der Waals surface area contributed by atoms with E-state index in [2.05, 4.69) is 10.6 Å². The van der Waals surface area contributed by atoms with Crippen LogP contribution in [0.3, 0.4) is 0 Å². The van der Waals surface area contributed by atoms with Crippen molar-refractivity contribution >= 4 is 5.97 Å². The number of aliphatic hydroxyl groups is 1. The topological polar surface area (TPSA) is 81.6 Å². The zero-order valence-electron chi connectivity index (χ0n) is 7.08. The molecule has 0 atom stereocenters. The molecule has 0 aliphatic carbocycles. The van der Waals surface area contributed by atoms with E-state index in [-0.39, 0.29) is 12.2 Å². The van der Waals surface area contributed by atoms with Crippen LogP contribution >= 0.6 is 0 Å². The first-order valence-corrected chi connectivity index (χ1v) is 3.98. The van der Waals surface area contributed by atoms with Gasteiger partial charge >= 0.3 is 5.97 Å². The monoisotopic (exact) mass is 184 g/mol. The van der Waals surface area contributed by atoms with Gasteiger partial charge in [-0.25, -0.2) is 4.79 Å². The lowest BCUT2D eigenvalue weighted by Crippen LogP contribution is -2.31. The molecule has 1 heterocycles. The minimum Gasteiger partial charge on any atom is -0.478 e. The number of carboxylic acids is 1. The van der Waals surface area contributed by atoms with Gasteiger partial charge in [0, 0.05) is 13.1 Å². The summed E-state index contributed by atoms with van der Waals surface area (Å²) < 4.78 is 0. The van der Waals surface area contributed by atoms with Gasteiger partial charge in [0.2, 0.25) is 0 Å². The third kappa shape index (κ3) is 2.79. The number of rotatable bonds is 4. The van der Waals surface area contributed by atoms with Crippen molar-refractivity contribution in [3.05, 3.63) is 23.5 Å². The second-order valence-electron chi connectivity index (χ2n) is 2.55. The van der Waals surface area contributed by atoms with Gasteiger partial charge in [-0.1, -0.05) is 6.08 Å². The number of nitrogens with one attached hydrogen (secondary N) is 2. The zero-order valence-corrected chi connectivity index (χ0v) is 7.08. The first-order valence-electron chi connectivity index (χ1n) is 3.98. The van der Waals surface area contributed by atoms with E-state index in [9.17, 15) is 4.79 Å². The van der Waals surface area contributed by atoms with E-state index in [1.165, 1.54) is 6.08 Å². The van der Waals surface area contributed by atoms with Crippen LogP contribution in [0.5, 0.6) is 0 Å². The van der Waals surface area contributed by atoms with Gasteiger partial charge in [-0.15, -0.1) is 0 Å². The Morgan fingerprint density at radius 3 is 3.08 bits per heavy atom. The molecule has 0 unspecified atom stereocenters. The average Bonchev–Trinajstić information content (AvgIpc) is 2.15. The fourth-order valence-corrected chi connectivity index (χ4v) is 0.990. The molecule has 1 aliphatic heterocycles. The van der Waals surface area contributed by atoms with Crippen LogP contribution in [0.4, 0.5) is 0 Å². The molecule has 0 radical (unpaired) electrons. The molecule has 0 spiro atoms. The Hall–Kier alpha value is -1.49. The first-order chi connectivity index (χ1) is 6.24. The van der Waals surface area contributed by atoms with Crippen LogP contribution in [0.15, 0.2) is 23.5 Å². The molecule has 0 saturated heterocycles. The van der Waals surface area contributed by atoms with Crippen molar-refractivity contribution in [2.24, 2.45) is 0 Å². The summed E-state index contributed by atoms with van der Waals surface area (Å²) in [6.07, 6.45) is 3.09. The largest absolute Gasteiger partial charge is 0.478 e. The number of dihydropyridines is 1. The molecule has 0 aromatic carbocycles. The molecule has 0 fully saturated rings. The van der Waals surface area contributed by atoms with Gasteiger partial charge in [0.15, 0.2) is 0 Å². The van der Waals surface area contributed by atoms with Crippen molar-refractivity contribution in [3.8, 4) is 0 Å². The van der Waals surface area contributed by atoms with E-state index in [4.69, 9.17) is 10.2 Å². The summed E-state index contributed by atoms with van der Waals surface area (Å²) >= 11 is 0. The predicted octanol–water partition coefficient (Wildman–Crippen LogP) is -0.976. The second-order valence-corrected chi connectivity index (χ2v) is 2.55. The highest BCUT2D eigenvalue weighted by Crippen LogP contribution is 2.03. The number of aliphatic carboxylic acids is 1. The van der Waals surface area contributed by atoms with Gasteiger partial charge in [-0.2, -0.15) is 0 Å². The zero-order chi connectivity index (χ0) is 9.68. The normalized spacial score (nSPS) is 15.5. The average molecular weight is 184 g/mol. The lowest BCUT2D eigenvalue weighted by Gasteiger charge is -2.15. The quantitative estimate of drug-likeness (QED) is 0.451. The molecule has 1 rings (SSSR count). The van der Waals surface area contributed by atoms with E-state index in [0.29, 0.717) is 18.9 Å². The summed E-state index contributed by atoms with van der Waals surface area (Å²) in [5.74, 6) is -0.307. The molecular weight excluding hydrogens is 172 g/mol. The third-order valence-electron chi connectivity index (χ3n) is 1.59.